The van der Waals surface area contributed by atoms with Crippen LogP contribution in [-0.4, -0.2) is 13.0 Å². The van der Waals surface area contributed by atoms with Gasteiger partial charge in [0, 0.05) is 6.54 Å². The molecular formula is C13H17NO. The van der Waals surface area contributed by atoms with Gasteiger partial charge in [0.1, 0.15) is 0 Å². The number of benzene rings is 1. The van der Waals surface area contributed by atoms with Crippen LogP contribution in [0.2, 0.25) is 0 Å². The molecule has 0 aliphatic heterocycles. The first-order chi connectivity index (χ1) is 7.40. The van der Waals surface area contributed by atoms with E-state index < -0.39 is 0 Å². The maximum absolute atomic E-state index is 10.1. The normalized spacial score (nSPS) is 14.4. The van der Waals surface area contributed by atoms with E-state index in [9.17, 15) is 4.79 Å². The molecule has 1 aromatic carbocycles. The van der Waals surface area contributed by atoms with E-state index in [0.717, 1.165) is 19.4 Å². The fourth-order valence-electron chi connectivity index (χ4n) is 2.22. The Morgan fingerprint density at radius 3 is 2.80 bits per heavy atom. The molecule has 0 fully saturated rings. The minimum atomic E-state index is 0.738. The first-order valence-corrected chi connectivity index (χ1v) is 5.68. The first-order valence-electron chi connectivity index (χ1n) is 5.68. The predicted molar refractivity (Wildman–Crippen MR) is 60.9 cm³/mol. The van der Waals surface area contributed by atoms with Crippen molar-refractivity contribution in [2.45, 2.75) is 32.1 Å². The Bertz CT molecular complexity index is 346. The van der Waals surface area contributed by atoms with Crippen LogP contribution < -0.4 is 5.32 Å². The molecule has 0 radical (unpaired) electrons. The molecule has 2 nitrogen and oxygen atoms in total. The van der Waals surface area contributed by atoms with Gasteiger partial charge in [0.25, 0.3) is 0 Å². The molecule has 0 saturated heterocycles. The third-order valence-electron chi connectivity index (χ3n) is 3.05. The van der Waals surface area contributed by atoms with Crippen molar-refractivity contribution >= 4 is 6.41 Å². The maximum atomic E-state index is 10.1. The van der Waals surface area contributed by atoms with Crippen molar-refractivity contribution in [2.24, 2.45) is 0 Å². The number of hydrogen-bond acceptors (Lipinski definition) is 1. The largest absolute Gasteiger partial charge is 0.358 e. The lowest BCUT2D eigenvalue weighted by molar-refractivity contribution is -0.109. The highest BCUT2D eigenvalue weighted by molar-refractivity contribution is 5.46. The Balaban J connectivity index is 2.03. The number of carbonyl (C=O) groups excluding carboxylic acids is 1. The van der Waals surface area contributed by atoms with Gasteiger partial charge < -0.3 is 5.32 Å². The lowest BCUT2D eigenvalue weighted by atomic mass is 9.90. The summed E-state index contributed by atoms with van der Waals surface area (Å²) in [4.78, 5) is 10.1. The topological polar surface area (TPSA) is 29.1 Å². The van der Waals surface area contributed by atoms with E-state index in [0.29, 0.717) is 0 Å². The van der Waals surface area contributed by atoms with Crippen LogP contribution in [0.4, 0.5) is 0 Å². The molecular weight excluding hydrogens is 186 g/mol. The highest BCUT2D eigenvalue weighted by atomic mass is 16.1. The van der Waals surface area contributed by atoms with Gasteiger partial charge in [-0.15, -0.1) is 0 Å². The summed E-state index contributed by atoms with van der Waals surface area (Å²) in [5, 5.41) is 2.70. The standard InChI is InChI=1S/C13H17NO/c15-10-14-8-7-11-5-6-12-3-1-2-4-13(12)9-11/h5-6,9-10H,1-4,7-8H2,(H,14,15). The van der Waals surface area contributed by atoms with Crippen molar-refractivity contribution in [3.63, 3.8) is 0 Å². The van der Waals surface area contributed by atoms with Crippen LogP contribution in [0.1, 0.15) is 29.5 Å². The summed E-state index contributed by atoms with van der Waals surface area (Å²) in [6.07, 6.45) is 6.82. The van der Waals surface area contributed by atoms with E-state index in [1.165, 1.54) is 42.4 Å². The Kier molecular flexibility index (Phi) is 3.38. The molecule has 0 spiro atoms. The number of carbonyl (C=O) groups is 1. The van der Waals surface area contributed by atoms with Crippen LogP contribution in [-0.2, 0) is 24.1 Å². The SMILES string of the molecule is O=CNCCc1ccc2c(c1)CCCC2. The van der Waals surface area contributed by atoms with Gasteiger partial charge in [-0.05, 0) is 48.8 Å². The molecule has 0 aromatic heterocycles. The average molecular weight is 203 g/mol. The summed E-state index contributed by atoms with van der Waals surface area (Å²) < 4.78 is 0. The third kappa shape index (κ3) is 2.58. The van der Waals surface area contributed by atoms with Crippen LogP contribution in [0.15, 0.2) is 18.2 Å². The lowest BCUT2D eigenvalue weighted by Gasteiger charge is -2.16. The summed E-state index contributed by atoms with van der Waals surface area (Å²) in [5.41, 5.74) is 4.38. The Morgan fingerprint density at radius 2 is 2.00 bits per heavy atom. The quantitative estimate of drug-likeness (QED) is 0.587. The van der Waals surface area contributed by atoms with Gasteiger partial charge >= 0.3 is 0 Å². The number of rotatable bonds is 4. The van der Waals surface area contributed by atoms with E-state index in [1.54, 1.807) is 0 Å². The molecule has 2 heteroatoms. The molecule has 80 valence electrons. The molecule has 1 aliphatic rings. The van der Waals surface area contributed by atoms with E-state index in [-0.39, 0.29) is 0 Å². The molecule has 1 N–H and O–H groups in total. The van der Waals surface area contributed by atoms with Gasteiger partial charge in [0.05, 0.1) is 0 Å². The van der Waals surface area contributed by atoms with E-state index in [4.69, 9.17) is 0 Å². The van der Waals surface area contributed by atoms with Crippen molar-refractivity contribution in [1.29, 1.82) is 0 Å². The van der Waals surface area contributed by atoms with Gasteiger partial charge in [-0.2, -0.15) is 0 Å². The summed E-state index contributed by atoms with van der Waals surface area (Å²) >= 11 is 0. The Hall–Kier alpha value is -1.31. The number of aryl methyl sites for hydroxylation is 2. The van der Waals surface area contributed by atoms with Crippen LogP contribution in [0, 0.1) is 0 Å². The molecule has 1 aliphatic carbocycles. The summed E-state index contributed by atoms with van der Waals surface area (Å²) in [6.45, 7) is 0.738. The highest BCUT2D eigenvalue weighted by Gasteiger charge is 2.08. The second-order valence-electron chi connectivity index (χ2n) is 4.13. The van der Waals surface area contributed by atoms with Gasteiger partial charge in [0.2, 0.25) is 6.41 Å². The van der Waals surface area contributed by atoms with Crippen molar-refractivity contribution in [2.75, 3.05) is 6.54 Å². The minimum Gasteiger partial charge on any atom is -0.358 e. The minimum absolute atomic E-state index is 0.738. The zero-order valence-electron chi connectivity index (χ0n) is 8.96. The number of amides is 1. The third-order valence-corrected chi connectivity index (χ3v) is 3.05. The lowest BCUT2D eigenvalue weighted by Crippen LogP contribution is -2.14. The maximum Gasteiger partial charge on any atom is 0.207 e. The van der Waals surface area contributed by atoms with Crippen molar-refractivity contribution in [3.05, 3.63) is 34.9 Å². The molecule has 1 aromatic rings. The van der Waals surface area contributed by atoms with Gasteiger partial charge in [-0.3, -0.25) is 4.79 Å². The van der Waals surface area contributed by atoms with Gasteiger partial charge in [0.15, 0.2) is 0 Å². The summed E-state index contributed by atoms with van der Waals surface area (Å²) in [6, 6.07) is 6.75. The number of nitrogens with one attached hydrogen (secondary N) is 1. The smallest absolute Gasteiger partial charge is 0.207 e. The van der Waals surface area contributed by atoms with Gasteiger partial charge in [-0.25, -0.2) is 0 Å². The highest BCUT2D eigenvalue weighted by Crippen LogP contribution is 2.22. The average Bonchev–Trinajstić information content (AvgIpc) is 2.29. The fourth-order valence-corrected chi connectivity index (χ4v) is 2.22. The Labute approximate surface area is 90.7 Å². The zero-order chi connectivity index (χ0) is 10.5. The predicted octanol–water partition coefficient (Wildman–Crippen LogP) is 1.85. The molecule has 0 atom stereocenters. The first kappa shape index (κ1) is 10.2. The molecule has 1 amide bonds. The van der Waals surface area contributed by atoms with Crippen LogP contribution >= 0.6 is 0 Å². The van der Waals surface area contributed by atoms with Crippen molar-refractivity contribution in [1.82, 2.24) is 5.32 Å². The van der Waals surface area contributed by atoms with Crippen LogP contribution in [0.5, 0.6) is 0 Å². The van der Waals surface area contributed by atoms with Crippen molar-refractivity contribution in [3.8, 4) is 0 Å². The van der Waals surface area contributed by atoms with E-state index >= 15 is 0 Å². The number of fused-ring (bicyclic) bond motifs is 1. The molecule has 15 heavy (non-hydrogen) atoms. The second-order valence-corrected chi connectivity index (χ2v) is 4.13. The fraction of sp³-hybridized carbons (Fsp3) is 0.462. The van der Waals surface area contributed by atoms with Crippen LogP contribution in [0.25, 0.3) is 0 Å². The molecule has 0 saturated carbocycles. The zero-order valence-corrected chi connectivity index (χ0v) is 8.96. The molecule has 2 rings (SSSR count). The van der Waals surface area contributed by atoms with E-state index in [2.05, 4.69) is 23.5 Å². The Morgan fingerprint density at radius 1 is 1.20 bits per heavy atom. The molecule has 0 unspecified atom stereocenters. The summed E-state index contributed by atoms with van der Waals surface area (Å²) in [7, 11) is 0. The second kappa shape index (κ2) is 4.96. The van der Waals surface area contributed by atoms with Crippen LogP contribution in [0.3, 0.4) is 0 Å². The monoisotopic (exact) mass is 203 g/mol. The van der Waals surface area contributed by atoms with Crippen molar-refractivity contribution < 1.29 is 4.79 Å². The van der Waals surface area contributed by atoms with E-state index in [1.807, 2.05) is 0 Å². The molecule has 0 heterocycles. The number of hydrogen-bond donors (Lipinski definition) is 1. The summed E-state index contributed by atoms with van der Waals surface area (Å²) in [5.74, 6) is 0. The molecule has 0 bridgehead atoms. The van der Waals surface area contributed by atoms with Gasteiger partial charge in [-0.1, -0.05) is 18.2 Å².